The van der Waals surface area contributed by atoms with E-state index in [2.05, 4.69) is 119 Å². The van der Waals surface area contributed by atoms with Gasteiger partial charge in [0.2, 0.25) is 0 Å². The van der Waals surface area contributed by atoms with Crippen LogP contribution in [0.25, 0.3) is 121 Å². The lowest BCUT2D eigenvalue weighted by Crippen LogP contribution is -1.95. The van der Waals surface area contributed by atoms with Crippen molar-refractivity contribution in [1.82, 2.24) is 15.0 Å². The fraction of sp³-hybridized carbons (Fsp3) is 0. The average Bonchev–Trinajstić information content (AvgIpc) is 3.85. The van der Waals surface area contributed by atoms with Crippen LogP contribution in [-0.2, 0) is 0 Å². The number of rotatable bonds is 4. The summed E-state index contributed by atoms with van der Waals surface area (Å²) in [7, 11) is 0. The van der Waals surface area contributed by atoms with Crippen LogP contribution in [0, 0.1) is 0 Å². The summed E-state index contributed by atoms with van der Waals surface area (Å²) in [4.78, 5) is 14.6. The molecule has 56 heavy (non-hydrogen) atoms. The van der Waals surface area contributed by atoms with Gasteiger partial charge in [0.1, 0.15) is 22.3 Å². The molecule has 0 aliphatic heterocycles. The maximum absolute atomic E-state index is 6.89. The normalized spacial score (nSPS) is 11.9. The molecular formula is C51H29N3O2. The molecule has 0 amide bonds. The number of para-hydroxylation sites is 2. The van der Waals surface area contributed by atoms with Gasteiger partial charge in [-0.05, 0) is 98.4 Å². The first-order valence-corrected chi connectivity index (χ1v) is 18.7. The van der Waals surface area contributed by atoms with Gasteiger partial charge in [0.05, 0.1) is 22.0 Å². The third kappa shape index (κ3) is 4.52. The van der Waals surface area contributed by atoms with E-state index in [4.69, 9.17) is 13.8 Å². The van der Waals surface area contributed by atoms with E-state index in [9.17, 15) is 0 Å². The van der Waals surface area contributed by atoms with Crippen molar-refractivity contribution in [2.45, 2.75) is 0 Å². The van der Waals surface area contributed by atoms with Gasteiger partial charge in [-0.2, -0.15) is 0 Å². The highest BCUT2D eigenvalue weighted by molar-refractivity contribution is 6.32. The minimum Gasteiger partial charge on any atom is -0.456 e. The maximum atomic E-state index is 6.89. The zero-order valence-corrected chi connectivity index (χ0v) is 29.9. The smallest absolute Gasteiger partial charge is 0.147 e. The Labute approximate surface area is 320 Å². The highest BCUT2D eigenvalue weighted by Crippen LogP contribution is 2.49. The third-order valence-electron chi connectivity index (χ3n) is 11.2. The largest absolute Gasteiger partial charge is 0.456 e. The summed E-state index contributed by atoms with van der Waals surface area (Å²) < 4.78 is 13.3. The summed E-state index contributed by atoms with van der Waals surface area (Å²) in [5.74, 6) is 0. The molecule has 5 heterocycles. The van der Waals surface area contributed by atoms with E-state index in [1.54, 1.807) is 0 Å². The number of benzene rings is 7. The Kier molecular flexibility index (Phi) is 6.56. The first-order valence-electron chi connectivity index (χ1n) is 18.7. The Morgan fingerprint density at radius 3 is 1.46 bits per heavy atom. The minimum absolute atomic E-state index is 0.811. The van der Waals surface area contributed by atoms with Crippen LogP contribution >= 0.6 is 0 Å². The van der Waals surface area contributed by atoms with Crippen molar-refractivity contribution in [2.24, 2.45) is 0 Å². The highest BCUT2D eigenvalue weighted by Gasteiger charge is 2.25. The molecule has 7 aromatic carbocycles. The van der Waals surface area contributed by atoms with Gasteiger partial charge in [0.25, 0.3) is 0 Å². The van der Waals surface area contributed by atoms with E-state index < -0.39 is 0 Å². The van der Waals surface area contributed by atoms with Crippen molar-refractivity contribution in [2.75, 3.05) is 0 Å². The number of furan rings is 2. The number of pyridine rings is 3. The lowest BCUT2D eigenvalue weighted by Gasteiger charge is -2.19. The number of hydrogen-bond donors (Lipinski definition) is 0. The van der Waals surface area contributed by atoms with Crippen molar-refractivity contribution in [3.63, 3.8) is 0 Å². The zero-order valence-electron chi connectivity index (χ0n) is 29.9. The second-order valence-corrected chi connectivity index (χ2v) is 14.3. The van der Waals surface area contributed by atoms with E-state index in [-0.39, 0.29) is 0 Å². The molecule has 0 atom stereocenters. The van der Waals surface area contributed by atoms with Crippen molar-refractivity contribution < 1.29 is 8.83 Å². The fourth-order valence-electron chi connectivity index (χ4n) is 8.81. The first-order chi connectivity index (χ1) is 27.8. The molecule has 0 fully saturated rings. The SMILES string of the molecule is c1cncc(-c2cc(-c3cccnc3)cc(-c3c4ccccc4c(-c4nc5ccc6oc7ccccc7c6c5c5oc6ccccc6c45)c4ccccc34)c2)c1. The quantitative estimate of drug-likeness (QED) is 0.170. The Balaban J connectivity index is 1.22. The summed E-state index contributed by atoms with van der Waals surface area (Å²) in [6, 6.07) is 53.1. The van der Waals surface area contributed by atoms with Crippen LogP contribution in [0.15, 0.2) is 185 Å². The molecular weight excluding hydrogens is 687 g/mol. The summed E-state index contributed by atoms with van der Waals surface area (Å²) in [5.41, 5.74) is 12.7. The van der Waals surface area contributed by atoms with Crippen molar-refractivity contribution in [3.8, 4) is 44.6 Å². The minimum atomic E-state index is 0.811. The Morgan fingerprint density at radius 2 is 0.875 bits per heavy atom. The molecule has 0 N–H and O–H groups in total. The standard InChI is InChI=1S/C51H29N3O2/c1-3-15-37-35(13-1)45(34-26-32(30-11-9-23-52-28-30)25-33(27-34)31-12-10-24-53-29-31)36-14-2-4-16-38(36)46(37)50-48-40-18-6-8-20-43(40)56-51(48)49-41(54-50)21-22-44-47(49)39-17-5-7-19-42(39)55-44/h1-29H. The van der Waals surface area contributed by atoms with Crippen LogP contribution in [0.3, 0.4) is 0 Å². The molecule has 0 aliphatic carbocycles. The maximum Gasteiger partial charge on any atom is 0.147 e. The van der Waals surface area contributed by atoms with E-state index in [0.717, 1.165) is 121 Å². The predicted molar refractivity (Wildman–Crippen MR) is 229 cm³/mol. The fourth-order valence-corrected chi connectivity index (χ4v) is 8.81. The lowest BCUT2D eigenvalue weighted by molar-refractivity contribution is 0.667. The average molecular weight is 716 g/mol. The second-order valence-electron chi connectivity index (χ2n) is 14.3. The van der Waals surface area contributed by atoms with Gasteiger partial charge in [-0.3, -0.25) is 9.97 Å². The first kappa shape index (κ1) is 30.8. The van der Waals surface area contributed by atoms with Crippen LogP contribution in [0.5, 0.6) is 0 Å². The van der Waals surface area contributed by atoms with E-state index >= 15 is 0 Å². The molecule has 0 bridgehead atoms. The zero-order chi connectivity index (χ0) is 36.7. The van der Waals surface area contributed by atoms with E-state index in [1.165, 1.54) is 0 Å². The summed E-state index contributed by atoms with van der Waals surface area (Å²) in [6.07, 6.45) is 7.49. The monoisotopic (exact) mass is 715 g/mol. The highest BCUT2D eigenvalue weighted by atomic mass is 16.3. The number of nitrogens with zero attached hydrogens (tertiary/aromatic N) is 3. The summed E-state index contributed by atoms with van der Waals surface area (Å²) in [5, 5.41) is 9.55. The molecule has 260 valence electrons. The van der Waals surface area contributed by atoms with Crippen molar-refractivity contribution in [1.29, 1.82) is 0 Å². The number of hydrogen-bond acceptors (Lipinski definition) is 5. The molecule has 12 rings (SSSR count). The van der Waals surface area contributed by atoms with Gasteiger partial charge in [-0.15, -0.1) is 0 Å². The van der Waals surface area contributed by atoms with Crippen molar-refractivity contribution >= 4 is 76.3 Å². The molecule has 5 nitrogen and oxygen atoms in total. The van der Waals surface area contributed by atoms with E-state index in [1.807, 2.05) is 67.3 Å². The molecule has 0 unspecified atom stereocenters. The second kappa shape index (κ2) is 11.9. The van der Waals surface area contributed by atoms with Gasteiger partial charge in [-0.1, -0.05) is 97.1 Å². The molecule has 0 saturated heterocycles. The van der Waals surface area contributed by atoms with Gasteiger partial charge in [-0.25, -0.2) is 4.98 Å². The Morgan fingerprint density at radius 1 is 0.357 bits per heavy atom. The van der Waals surface area contributed by atoms with Crippen molar-refractivity contribution in [3.05, 3.63) is 176 Å². The number of aromatic nitrogens is 3. The molecule has 5 aromatic heterocycles. The van der Waals surface area contributed by atoms with E-state index in [0.29, 0.717) is 0 Å². The molecule has 0 aliphatic rings. The summed E-state index contributed by atoms with van der Waals surface area (Å²) >= 11 is 0. The van der Waals surface area contributed by atoms with Crippen LogP contribution in [-0.4, -0.2) is 15.0 Å². The Bertz CT molecular complexity index is 3420. The predicted octanol–water partition coefficient (Wildman–Crippen LogP) is 13.8. The van der Waals surface area contributed by atoms with Gasteiger partial charge in [0, 0.05) is 57.6 Å². The lowest BCUT2D eigenvalue weighted by atomic mass is 9.85. The van der Waals surface area contributed by atoms with Crippen LogP contribution in [0.4, 0.5) is 0 Å². The van der Waals surface area contributed by atoms with Crippen LogP contribution in [0.1, 0.15) is 0 Å². The third-order valence-corrected chi connectivity index (χ3v) is 11.2. The van der Waals surface area contributed by atoms with Crippen LogP contribution < -0.4 is 0 Å². The van der Waals surface area contributed by atoms with Gasteiger partial charge in [0.15, 0.2) is 0 Å². The topological polar surface area (TPSA) is 65.0 Å². The molecule has 0 saturated carbocycles. The number of fused-ring (bicyclic) bond motifs is 11. The van der Waals surface area contributed by atoms with Gasteiger partial charge < -0.3 is 8.83 Å². The summed E-state index contributed by atoms with van der Waals surface area (Å²) in [6.45, 7) is 0. The molecule has 0 spiro atoms. The Hall–Kier alpha value is -7.63. The molecule has 0 radical (unpaired) electrons. The van der Waals surface area contributed by atoms with Gasteiger partial charge >= 0.3 is 0 Å². The molecule has 5 heteroatoms. The molecule has 12 aromatic rings. The van der Waals surface area contributed by atoms with Crippen LogP contribution in [0.2, 0.25) is 0 Å².